The van der Waals surface area contributed by atoms with Crippen LogP contribution in [0, 0.1) is 0 Å². The second kappa shape index (κ2) is 8.72. The van der Waals surface area contributed by atoms with E-state index in [2.05, 4.69) is 40.5 Å². The van der Waals surface area contributed by atoms with Crippen LogP contribution in [0.15, 0.2) is 30.3 Å². The maximum Gasteiger partial charge on any atom is 0.405 e. The highest BCUT2D eigenvalue weighted by atomic mass is 28.3. The van der Waals surface area contributed by atoms with Crippen LogP contribution in [0.2, 0.25) is 25.7 Å². The van der Waals surface area contributed by atoms with Crippen molar-refractivity contribution in [3.05, 3.63) is 41.7 Å². The molecule has 1 unspecified atom stereocenters. The summed E-state index contributed by atoms with van der Waals surface area (Å²) in [4.78, 5) is 11.2. The molecule has 25 heavy (non-hydrogen) atoms. The van der Waals surface area contributed by atoms with Crippen molar-refractivity contribution in [1.82, 2.24) is 25.5 Å². The molecule has 8 nitrogen and oxygen atoms in total. The van der Waals surface area contributed by atoms with Gasteiger partial charge in [0.2, 0.25) is 0 Å². The topological polar surface area (TPSA) is 102 Å². The quantitative estimate of drug-likeness (QED) is 0.524. The Balaban J connectivity index is 2.05. The van der Waals surface area contributed by atoms with Crippen molar-refractivity contribution in [1.29, 1.82) is 0 Å². The fraction of sp³-hybridized carbons (Fsp3) is 0.500. The first kappa shape index (κ1) is 19.1. The van der Waals surface area contributed by atoms with E-state index in [0.717, 1.165) is 11.6 Å². The molecule has 0 bridgehead atoms. The summed E-state index contributed by atoms with van der Waals surface area (Å²) < 4.78 is 7.19. The lowest BCUT2D eigenvalue weighted by Crippen LogP contribution is -2.31. The molecule has 1 aromatic heterocycles. The van der Waals surface area contributed by atoms with Gasteiger partial charge < -0.3 is 15.2 Å². The van der Waals surface area contributed by atoms with Crippen LogP contribution in [-0.2, 0) is 17.9 Å². The Kier molecular flexibility index (Phi) is 6.65. The zero-order valence-corrected chi connectivity index (χ0v) is 15.8. The number of hydrogen-bond acceptors (Lipinski definition) is 5. The Morgan fingerprint density at radius 3 is 2.68 bits per heavy atom. The Hall–Kier alpha value is -2.26. The van der Waals surface area contributed by atoms with E-state index >= 15 is 0 Å². The summed E-state index contributed by atoms with van der Waals surface area (Å²) in [6.45, 7) is 7.70. The number of tetrazole rings is 1. The van der Waals surface area contributed by atoms with Crippen LogP contribution in [0.5, 0.6) is 0 Å². The summed E-state index contributed by atoms with van der Waals surface area (Å²) >= 11 is 0. The summed E-state index contributed by atoms with van der Waals surface area (Å²) in [6.07, 6.45) is -0.655. The number of ether oxygens (including phenoxy) is 1. The Morgan fingerprint density at radius 1 is 1.32 bits per heavy atom. The average Bonchev–Trinajstić information content (AvgIpc) is 2.99. The molecule has 0 spiro atoms. The molecular weight excluding hydrogens is 338 g/mol. The number of nitrogens with zero attached hydrogens (tertiary/aromatic N) is 4. The number of benzene rings is 1. The molecule has 2 N–H and O–H groups in total. The number of carboxylic acid groups (broad SMARTS) is 1. The molecule has 2 aromatic rings. The van der Waals surface area contributed by atoms with Gasteiger partial charge in [0.1, 0.15) is 6.73 Å². The summed E-state index contributed by atoms with van der Waals surface area (Å²) in [5, 5.41) is 23.2. The number of nitrogens with one attached hydrogen (secondary N) is 1. The fourth-order valence-electron chi connectivity index (χ4n) is 2.29. The van der Waals surface area contributed by atoms with Crippen LogP contribution < -0.4 is 5.32 Å². The number of hydrogen-bond donors (Lipinski definition) is 2. The third-order valence-corrected chi connectivity index (χ3v) is 5.37. The van der Waals surface area contributed by atoms with Crippen LogP contribution >= 0.6 is 0 Å². The van der Waals surface area contributed by atoms with Crippen molar-refractivity contribution in [2.75, 3.05) is 6.61 Å². The standard InChI is InChI=1S/C16H25N5O3Si/c1-25(2,3)10-9-24-12-21-15(18-19-20-21)14(17-16(22)23)11-13-7-5-4-6-8-13/h4-8,14,17H,9-12H2,1-3H3,(H,22,23). The number of amides is 1. The Morgan fingerprint density at radius 2 is 2.04 bits per heavy atom. The molecule has 0 aliphatic rings. The van der Waals surface area contributed by atoms with E-state index in [4.69, 9.17) is 9.84 Å². The molecule has 0 fully saturated rings. The lowest BCUT2D eigenvalue weighted by atomic mass is 10.1. The van der Waals surface area contributed by atoms with Gasteiger partial charge in [0.15, 0.2) is 5.82 Å². The van der Waals surface area contributed by atoms with Gasteiger partial charge >= 0.3 is 6.09 Å². The van der Waals surface area contributed by atoms with Gasteiger partial charge in [-0.25, -0.2) is 9.48 Å². The molecule has 0 aliphatic heterocycles. The molecule has 0 aliphatic carbocycles. The van der Waals surface area contributed by atoms with E-state index in [9.17, 15) is 4.79 Å². The first-order chi connectivity index (χ1) is 11.8. The minimum absolute atomic E-state index is 0.208. The molecule has 1 heterocycles. The van der Waals surface area contributed by atoms with Gasteiger partial charge in [0, 0.05) is 21.1 Å². The lowest BCUT2D eigenvalue weighted by molar-refractivity contribution is 0.0735. The van der Waals surface area contributed by atoms with E-state index in [0.29, 0.717) is 18.9 Å². The van der Waals surface area contributed by atoms with Gasteiger partial charge in [-0.3, -0.25) is 0 Å². The van der Waals surface area contributed by atoms with Gasteiger partial charge in [0.05, 0.1) is 6.04 Å². The summed E-state index contributed by atoms with van der Waals surface area (Å²) in [5.41, 5.74) is 0.996. The van der Waals surface area contributed by atoms with Gasteiger partial charge in [-0.1, -0.05) is 50.0 Å². The highest BCUT2D eigenvalue weighted by molar-refractivity contribution is 6.76. The van der Waals surface area contributed by atoms with Gasteiger partial charge in [-0.15, -0.1) is 5.10 Å². The van der Waals surface area contributed by atoms with E-state index in [1.807, 2.05) is 30.3 Å². The van der Waals surface area contributed by atoms with Gasteiger partial charge in [-0.05, 0) is 22.0 Å². The average molecular weight is 363 g/mol. The molecule has 0 saturated heterocycles. The van der Waals surface area contributed by atoms with E-state index in [1.165, 1.54) is 4.68 Å². The first-order valence-corrected chi connectivity index (χ1v) is 11.9. The van der Waals surface area contributed by atoms with Crippen LogP contribution in [0.3, 0.4) is 0 Å². The maximum absolute atomic E-state index is 11.2. The Labute approximate surface area is 148 Å². The molecule has 136 valence electrons. The molecule has 1 atom stereocenters. The SMILES string of the molecule is C[Si](C)(C)CCOCn1nnnc1C(Cc1ccccc1)NC(=O)O. The van der Waals surface area contributed by atoms with E-state index < -0.39 is 20.2 Å². The molecule has 0 radical (unpaired) electrons. The fourth-order valence-corrected chi connectivity index (χ4v) is 3.04. The van der Waals surface area contributed by atoms with Gasteiger partial charge in [-0.2, -0.15) is 0 Å². The number of aromatic nitrogens is 4. The molecule has 2 rings (SSSR count). The zero-order valence-electron chi connectivity index (χ0n) is 14.8. The third kappa shape index (κ3) is 6.63. The zero-order chi connectivity index (χ0) is 18.3. The molecule has 0 saturated carbocycles. The van der Waals surface area contributed by atoms with Crippen molar-refractivity contribution in [3.8, 4) is 0 Å². The van der Waals surface area contributed by atoms with Crippen LogP contribution in [0.25, 0.3) is 0 Å². The van der Waals surface area contributed by atoms with Crippen molar-refractivity contribution < 1.29 is 14.6 Å². The van der Waals surface area contributed by atoms with E-state index in [1.54, 1.807) is 0 Å². The lowest BCUT2D eigenvalue weighted by Gasteiger charge is -2.18. The van der Waals surface area contributed by atoms with Crippen LogP contribution in [-0.4, -0.2) is 46.1 Å². The minimum Gasteiger partial charge on any atom is -0.465 e. The maximum atomic E-state index is 11.2. The Bertz CT molecular complexity index is 672. The summed E-state index contributed by atoms with van der Waals surface area (Å²) in [6, 6.07) is 10.1. The van der Waals surface area contributed by atoms with Crippen molar-refractivity contribution in [2.24, 2.45) is 0 Å². The van der Waals surface area contributed by atoms with Crippen LogP contribution in [0.4, 0.5) is 4.79 Å². The van der Waals surface area contributed by atoms with Crippen molar-refractivity contribution >= 4 is 14.2 Å². The second-order valence-electron chi connectivity index (χ2n) is 7.08. The van der Waals surface area contributed by atoms with Crippen molar-refractivity contribution in [3.63, 3.8) is 0 Å². The largest absolute Gasteiger partial charge is 0.465 e. The van der Waals surface area contributed by atoms with Crippen molar-refractivity contribution in [2.45, 2.75) is 44.9 Å². The second-order valence-corrected chi connectivity index (χ2v) is 12.7. The number of carbonyl (C=O) groups is 1. The number of rotatable bonds is 9. The summed E-state index contributed by atoms with van der Waals surface area (Å²) in [5.74, 6) is 0.444. The molecular formula is C16H25N5O3Si. The predicted octanol–water partition coefficient (Wildman–Crippen LogP) is 2.54. The predicted molar refractivity (Wildman–Crippen MR) is 96.0 cm³/mol. The van der Waals surface area contributed by atoms with E-state index in [-0.39, 0.29) is 6.73 Å². The van der Waals surface area contributed by atoms with Gasteiger partial charge in [0.25, 0.3) is 0 Å². The smallest absolute Gasteiger partial charge is 0.405 e. The van der Waals surface area contributed by atoms with Crippen LogP contribution in [0.1, 0.15) is 17.4 Å². The molecule has 9 heteroatoms. The molecule has 1 amide bonds. The minimum atomic E-state index is -1.16. The molecule has 1 aromatic carbocycles. The highest BCUT2D eigenvalue weighted by Crippen LogP contribution is 2.16. The first-order valence-electron chi connectivity index (χ1n) is 8.22. The third-order valence-electron chi connectivity index (χ3n) is 3.66. The highest BCUT2D eigenvalue weighted by Gasteiger charge is 2.22. The normalized spacial score (nSPS) is 12.8. The summed E-state index contributed by atoms with van der Waals surface area (Å²) in [7, 11) is -1.16. The monoisotopic (exact) mass is 363 g/mol.